The summed E-state index contributed by atoms with van der Waals surface area (Å²) in [5.74, 6) is -0.543. The van der Waals surface area contributed by atoms with E-state index in [-0.39, 0.29) is 17.1 Å². The Labute approximate surface area is 121 Å². The maximum atomic E-state index is 12.4. The van der Waals surface area contributed by atoms with E-state index in [1.54, 1.807) is 7.05 Å². The third-order valence-electron chi connectivity index (χ3n) is 4.04. The first-order valence-corrected chi connectivity index (χ1v) is 8.10. The molecule has 2 N–H and O–H groups in total. The minimum Gasteiger partial charge on any atom is -0.408 e. The normalized spacial score (nSPS) is 17.8. The molecule has 1 aromatic carbocycles. The maximum absolute atomic E-state index is 12.4. The number of aromatic nitrogens is 1. The van der Waals surface area contributed by atoms with E-state index in [0.717, 1.165) is 6.42 Å². The van der Waals surface area contributed by atoms with E-state index in [9.17, 15) is 18.3 Å². The van der Waals surface area contributed by atoms with E-state index in [1.807, 2.05) is 0 Å². The van der Waals surface area contributed by atoms with Gasteiger partial charge in [-0.25, -0.2) is 17.9 Å². The number of benzene rings is 1. The highest BCUT2D eigenvalue weighted by Crippen LogP contribution is 2.33. The predicted octanol–water partition coefficient (Wildman–Crippen LogP) is 0.325. The van der Waals surface area contributed by atoms with Crippen LogP contribution in [0.2, 0.25) is 0 Å². The quantitative estimate of drug-likeness (QED) is 0.847. The third kappa shape index (κ3) is 2.29. The highest BCUT2D eigenvalue weighted by atomic mass is 32.2. The highest BCUT2D eigenvalue weighted by molar-refractivity contribution is 7.89. The van der Waals surface area contributed by atoms with Crippen LogP contribution in [0.1, 0.15) is 19.3 Å². The molecule has 1 aliphatic carbocycles. The predicted molar refractivity (Wildman–Crippen MR) is 75.4 cm³/mol. The molecule has 1 saturated carbocycles. The van der Waals surface area contributed by atoms with Gasteiger partial charge in [-0.3, -0.25) is 4.57 Å². The molecule has 1 fully saturated rings. The van der Waals surface area contributed by atoms with Gasteiger partial charge in [-0.1, -0.05) is 0 Å². The van der Waals surface area contributed by atoms with E-state index < -0.39 is 21.3 Å². The molecule has 114 valence electrons. The van der Waals surface area contributed by atoms with Crippen molar-refractivity contribution in [2.75, 3.05) is 6.61 Å². The lowest BCUT2D eigenvalue weighted by Gasteiger charge is -2.40. The van der Waals surface area contributed by atoms with Crippen molar-refractivity contribution >= 4 is 21.1 Å². The molecular formula is C13H16N2O5S. The van der Waals surface area contributed by atoms with Crippen molar-refractivity contribution in [1.29, 1.82) is 0 Å². The minimum absolute atomic E-state index is 0.0177. The summed E-state index contributed by atoms with van der Waals surface area (Å²) in [6.45, 7) is -0.227. The number of nitrogens with zero attached hydrogens (tertiary/aromatic N) is 1. The number of aliphatic hydroxyl groups is 1. The molecular weight excluding hydrogens is 296 g/mol. The van der Waals surface area contributed by atoms with E-state index in [1.165, 1.54) is 22.8 Å². The topological polar surface area (TPSA) is 102 Å². The first-order valence-electron chi connectivity index (χ1n) is 6.61. The standard InChI is InChI=1S/C13H16N2O5S/c1-15-10-4-3-9(7-11(10)20-12(15)17)21(18,19)14-13(8-16)5-2-6-13/h3-4,7,14,16H,2,5-6,8H2,1H3. The van der Waals surface area contributed by atoms with Crippen LogP contribution in [0.3, 0.4) is 0 Å². The number of nitrogens with one attached hydrogen (secondary N) is 1. The van der Waals surface area contributed by atoms with Crippen LogP contribution in [0.25, 0.3) is 11.1 Å². The van der Waals surface area contributed by atoms with Gasteiger partial charge in [-0.05, 0) is 31.4 Å². The average Bonchev–Trinajstić information content (AvgIpc) is 2.69. The van der Waals surface area contributed by atoms with E-state index >= 15 is 0 Å². The summed E-state index contributed by atoms with van der Waals surface area (Å²) in [7, 11) is -2.22. The van der Waals surface area contributed by atoms with Crippen molar-refractivity contribution in [2.45, 2.75) is 29.7 Å². The molecule has 0 unspecified atom stereocenters. The smallest absolute Gasteiger partial charge is 0.408 e. The van der Waals surface area contributed by atoms with Gasteiger partial charge in [-0.2, -0.15) is 0 Å². The molecule has 3 rings (SSSR count). The minimum atomic E-state index is -3.77. The summed E-state index contributed by atoms with van der Waals surface area (Å²) in [6, 6.07) is 4.27. The highest BCUT2D eigenvalue weighted by Gasteiger charge is 2.40. The summed E-state index contributed by atoms with van der Waals surface area (Å²) in [5.41, 5.74) is -0.0119. The molecule has 8 heteroatoms. The summed E-state index contributed by atoms with van der Waals surface area (Å²) in [6.07, 6.45) is 2.12. The molecule has 0 atom stereocenters. The first kappa shape index (κ1) is 14.3. The largest absolute Gasteiger partial charge is 0.419 e. The Morgan fingerprint density at radius 3 is 2.71 bits per heavy atom. The molecule has 0 spiro atoms. The molecule has 7 nitrogen and oxygen atoms in total. The number of fused-ring (bicyclic) bond motifs is 1. The Morgan fingerprint density at radius 1 is 1.43 bits per heavy atom. The van der Waals surface area contributed by atoms with E-state index in [0.29, 0.717) is 18.4 Å². The van der Waals surface area contributed by atoms with Crippen LogP contribution in [-0.2, 0) is 17.1 Å². The summed E-state index contributed by atoms with van der Waals surface area (Å²) in [5, 5.41) is 9.37. The number of oxazole rings is 1. The molecule has 0 amide bonds. The number of aryl methyl sites for hydroxylation is 1. The lowest BCUT2D eigenvalue weighted by molar-refractivity contribution is 0.110. The Bertz CT molecular complexity index is 840. The Kier molecular flexibility index (Phi) is 3.19. The number of aliphatic hydroxyl groups excluding tert-OH is 1. The van der Waals surface area contributed by atoms with Gasteiger partial charge < -0.3 is 9.52 Å². The molecule has 21 heavy (non-hydrogen) atoms. The summed E-state index contributed by atoms with van der Waals surface area (Å²) >= 11 is 0. The van der Waals surface area contributed by atoms with Crippen molar-refractivity contribution in [3.05, 3.63) is 28.7 Å². The molecule has 1 aliphatic rings. The Hall–Kier alpha value is -1.64. The fraction of sp³-hybridized carbons (Fsp3) is 0.462. The van der Waals surface area contributed by atoms with Crippen LogP contribution in [0.4, 0.5) is 0 Å². The zero-order chi connectivity index (χ0) is 15.3. The van der Waals surface area contributed by atoms with Gasteiger partial charge in [0, 0.05) is 13.1 Å². The second-order valence-electron chi connectivity index (χ2n) is 5.45. The molecule has 1 heterocycles. The van der Waals surface area contributed by atoms with Crippen molar-refractivity contribution < 1.29 is 17.9 Å². The van der Waals surface area contributed by atoms with Gasteiger partial charge in [0.2, 0.25) is 10.0 Å². The maximum Gasteiger partial charge on any atom is 0.419 e. The van der Waals surface area contributed by atoms with Gasteiger partial charge in [0.15, 0.2) is 5.58 Å². The number of hydrogen-bond acceptors (Lipinski definition) is 5. The third-order valence-corrected chi connectivity index (χ3v) is 5.61. The fourth-order valence-corrected chi connectivity index (χ4v) is 3.99. The molecule has 0 bridgehead atoms. The lowest BCUT2D eigenvalue weighted by Crippen LogP contribution is -2.55. The molecule has 0 saturated heterocycles. The molecule has 2 aromatic rings. The number of sulfonamides is 1. The first-order chi connectivity index (χ1) is 9.87. The van der Waals surface area contributed by atoms with Crippen LogP contribution < -0.4 is 10.5 Å². The second-order valence-corrected chi connectivity index (χ2v) is 7.14. The van der Waals surface area contributed by atoms with Crippen molar-refractivity contribution in [1.82, 2.24) is 9.29 Å². The van der Waals surface area contributed by atoms with Crippen LogP contribution >= 0.6 is 0 Å². The monoisotopic (exact) mass is 312 g/mol. The summed E-state index contributed by atoms with van der Waals surface area (Å²) in [4.78, 5) is 11.4. The van der Waals surface area contributed by atoms with Gasteiger partial charge in [0.25, 0.3) is 0 Å². The van der Waals surface area contributed by atoms with Gasteiger partial charge in [-0.15, -0.1) is 0 Å². The Morgan fingerprint density at radius 2 is 2.14 bits per heavy atom. The average molecular weight is 312 g/mol. The van der Waals surface area contributed by atoms with Crippen molar-refractivity contribution in [2.24, 2.45) is 7.05 Å². The Balaban J connectivity index is 2.01. The summed E-state index contributed by atoms with van der Waals surface area (Å²) < 4.78 is 33.6. The fourth-order valence-electron chi connectivity index (χ4n) is 2.52. The number of hydrogen-bond donors (Lipinski definition) is 2. The molecule has 1 aromatic heterocycles. The SMILES string of the molecule is Cn1c(=O)oc2cc(S(=O)(=O)NC3(CO)CCC3)ccc21. The lowest BCUT2D eigenvalue weighted by atomic mass is 9.78. The van der Waals surface area contributed by atoms with Crippen LogP contribution in [0.15, 0.2) is 32.3 Å². The zero-order valence-electron chi connectivity index (χ0n) is 11.5. The van der Waals surface area contributed by atoms with Crippen LogP contribution in [-0.4, -0.2) is 30.2 Å². The second kappa shape index (κ2) is 4.69. The molecule has 0 radical (unpaired) electrons. The van der Waals surface area contributed by atoms with E-state index in [4.69, 9.17) is 4.42 Å². The van der Waals surface area contributed by atoms with Gasteiger partial charge in [0.1, 0.15) is 0 Å². The van der Waals surface area contributed by atoms with Gasteiger partial charge in [0.05, 0.1) is 22.6 Å². The van der Waals surface area contributed by atoms with Crippen LogP contribution in [0.5, 0.6) is 0 Å². The number of rotatable bonds is 4. The zero-order valence-corrected chi connectivity index (χ0v) is 12.3. The van der Waals surface area contributed by atoms with Crippen LogP contribution in [0, 0.1) is 0 Å². The van der Waals surface area contributed by atoms with Crippen molar-refractivity contribution in [3.63, 3.8) is 0 Å². The van der Waals surface area contributed by atoms with Gasteiger partial charge >= 0.3 is 5.76 Å². The molecule has 0 aliphatic heterocycles. The van der Waals surface area contributed by atoms with E-state index in [2.05, 4.69) is 4.72 Å². The van der Waals surface area contributed by atoms with Crippen molar-refractivity contribution in [3.8, 4) is 0 Å².